The van der Waals surface area contributed by atoms with Crippen molar-refractivity contribution in [3.05, 3.63) is 69.2 Å². The van der Waals surface area contributed by atoms with E-state index in [9.17, 15) is 0 Å². The first-order chi connectivity index (χ1) is 47.3. The number of nitrogens with zero attached hydrogens (tertiary/aromatic N) is 4. The summed E-state index contributed by atoms with van der Waals surface area (Å²) >= 11 is 9.27. The molecule has 8 rings (SSSR count). The molecule has 4 nitrogen and oxygen atoms in total. The van der Waals surface area contributed by atoms with Crippen LogP contribution in [0.5, 0.6) is 0 Å². The lowest BCUT2D eigenvalue weighted by molar-refractivity contribution is 0.399. The van der Waals surface area contributed by atoms with Gasteiger partial charge < -0.3 is 0 Å². The van der Waals surface area contributed by atoms with Crippen molar-refractivity contribution in [2.75, 3.05) is 0 Å². The minimum Gasteiger partial charge on any atom is -0.205 e. The van der Waals surface area contributed by atoms with Crippen LogP contribution in [-0.2, 0) is 12.8 Å². The molecule has 2 unspecified atom stereocenters. The first kappa shape index (κ1) is 74.5. The lowest BCUT2D eigenvalue weighted by Gasteiger charge is -2.17. The number of aromatic nitrogens is 4. The van der Waals surface area contributed by atoms with Crippen LogP contribution in [-0.4, -0.2) is 17.5 Å². The van der Waals surface area contributed by atoms with Gasteiger partial charge in [0, 0.05) is 73.8 Å². The van der Waals surface area contributed by atoms with Crippen molar-refractivity contribution in [2.24, 2.45) is 11.8 Å². The normalized spacial score (nSPS) is 11.0. The van der Waals surface area contributed by atoms with Crippen molar-refractivity contribution in [3.8, 4) is 159 Å². The van der Waals surface area contributed by atoms with Gasteiger partial charge in [0.25, 0.3) is 0 Å². The van der Waals surface area contributed by atoms with Crippen LogP contribution in [0.15, 0.2) is 42.5 Å². The molecule has 6 heterocycles. The molecular formula is C85H89FN4S6. The topological polar surface area (TPSA) is 51.6 Å². The Morgan fingerprint density at radius 1 is 0.375 bits per heavy atom. The molecule has 2 aromatic carbocycles. The van der Waals surface area contributed by atoms with Crippen LogP contribution >= 0.6 is 68.8 Å². The van der Waals surface area contributed by atoms with Gasteiger partial charge in [0.15, 0.2) is 0 Å². The molecular weight excluding hydrogens is 1290 g/mol. The summed E-state index contributed by atoms with van der Waals surface area (Å²) in [5, 5.41) is 2.05. The number of hydrogen-bond donors (Lipinski definition) is 0. The number of halogens is 1. The van der Waals surface area contributed by atoms with Crippen LogP contribution < -0.4 is 0 Å². The van der Waals surface area contributed by atoms with E-state index in [0.717, 1.165) is 99.6 Å². The van der Waals surface area contributed by atoms with Crippen molar-refractivity contribution < 1.29 is 4.39 Å². The Morgan fingerprint density at radius 3 is 1.24 bits per heavy atom. The van der Waals surface area contributed by atoms with Crippen molar-refractivity contribution in [1.82, 2.24) is 17.5 Å². The highest BCUT2D eigenvalue weighted by molar-refractivity contribution is 7.27. The molecule has 0 aliphatic heterocycles. The third kappa shape index (κ3) is 24.0. The largest absolute Gasteiger partial charge is 0.205 e. The first-order valence-corrected chi connectivity index (χ1v) is 39.9. The van der Waals surface area contributed by atoms with Gasteiger partial charge in [-0.15, -0.1) is 45.3 Å². The van der Waals surface area contributed by atoms with Crippen molar-refractivity contribution in [1.29, 1.82) is 0 Å². The summed E-state index contributed by atoms with van der Waals surface area (Å²) in [7, 11) is 0. The van der Waals surface area contributed by atoms with Crippen molar-refractivity contribution >= 4 is 102 Å². The predicted molar refractivity (Wildman–Crippen MR) is 417 cm³/mol. The maximum Gasteiger partial charge on any atom is 0.143 e. The van der Waals surface area contributed by atoms with Crippen LogP contribution in [0.25, 0.3) is 73.2 Å². The zero-order chi connectivity index (χ0) is 67.2. The Kier molecular flexibility index (Phi) is 33.4. The van der Waals surface area contributed by atoms with E-state index in [0.29, 0.717) is 17.2 Å². The molecule has 0 radical (unpaired) electrons. The fourth-order valence-corrected chi connectivity index (χ4v) is 17.9. The Balaban J connectivity index is 1.07. The average molecular weight is 1380 g/mol. The number of benzene rings is 2. The molecule has 0 fully saturated rings. The molecule has 0 amide bonds. The number of hydrogen-bond acceptors (Lipinski definition) is 10. The van der Waals surface area contributed by atoms with Crippen molar-refractivity contribution in [3.63, 3.8) is 0 Å². The predicted octanol–water partition coefficient (Wildman–Crippen LogP) is 24.3. The SMILES string of the molecule is CC#CC#CC#CC#CC#CC#CC#CC#CC#CC#CC(CCCCCCCCCC)Cc1cc(-c2cc3c(cc(-c4cc(CC(CCCCCCCCCC)CCCCCCCCCCCC)c(C)s4)c4nsnc43)c3nsnc23)sc1-c1cc(F)c(-c2ccc(C)s2)s1. The van der Waals surface area contributed by atoms with Gasteiger partial charge in [-0.3, -0.25) is 0 Å². The molecule has 0 aliphatic carbocycles. The van der Waals surface area contributed by atoms with Crippen LogP contribution in [0.4, 0.5) is 4.39 Å². The molecule has 8 aromatic rings. The third-order valence-electron chi connectivity index (χ3n) is 17.4. The molecule has 2 atom stereocenters. The molecule has 6 aromatic heterocycles. The molecule has 0 spiro atoms. The van der Waals surface area contributed by atoms with Crippen molar-refractivity contribution in [2.45, 2.75) is 241 Å². The summed E-state index contributed by atoms with van der Waals surface area (Å²) in [6.45, 7) is 13.0. The van der Waals surface area contributed by atoms with Gasteiger partial charge in [0.05, 0.1) is 28.3 Å². The van der Waals surface area contributed by atoms with E-state index < -0.39 is 0 Å². The minimum atomic E-state index is -0.204. The maximum atomic E-state index is 16.4. The number of rotatable bonds is 37. The Bertz CT molecular complexity index is 4510. The third-order valence-corrected chi connectivity index (χ3v) is 23.2. The summed E-state index contributed by atoms with van der Waals surface area (Å²) in [4.78, 5) is 8.39. The lowest BCUT2D eigenvalue weighted by Crippen LogP contribution is -2.05. The number of fused-ring (bicyclic) bond motifs is 5. The maximum absolute atomic E-state index is 16.4. The molecule has 0 saturated carbocycles. The van der Waals surface area contributed by atoms with E-state index in [1.807, 2.05) is 17.4 Å². The van der Waals surface area contributed by atoms with E-state index in [1.54, 1.807) is 35.7 Å². The van der Waals surface area contributed by atoms with E-state index in [-0.39, 0.29) is 11.7 Å². The van der Waals surface area contributed by atoms with Crippen LogP contribution in [0.3, 0.4) is 0 Å². The summed E-state index contributed by atoms with van der Waals surface area (Å²) in [5.41, 5.74) is 8.26. The fourth-order valence-electron chi connectivity index (χ4n) is 12.3. The second-order valence-corrected chi connectivity index (χ2v) is 30.5. The number of aryl methyl sites for hydroxylation is 2. The highest BCUT2D eigenvalue weighted by Gasteiger charge is 2.26. The van der Waals surface area contributed by atoms with E-state index >= 15 is 4.39 Å². The summed E-state index contributed by atoms with van der Waals surface area (Å²) in [6, 6.07) is 15.2. The van der Waals surface area contributed by atoms with Gasteiger partial charge in [0.2, 0.25) is 0 Å². The van der Waals surface area contributed by atoms with Gasteiger partial charge in [0.1, 0.15) is 27.9 Å². The number of unbranched alkanes of at least 4 members (excludes halogenated alkanes) is 23. The molecule has 0 N–H and O–H groups in total. The van der Waals surface area contributed by atoms with Gasteiger partial charge >= 0.3 is 0 Å². The summed E-state index contributed by atoms with van der Waals surface area (Å²) in [6.07, 6.45) is 39.7. The quantitative estimate of drug-likeness (QED) is 0.0288. The minimum absolute atomic E-state index is 0.0107. The van der Waals surface area contributed by atoms with Crippen LogP contribution in [0.2, 0.25) is 0 Å². The standard InChI is InChI=1S/C85H89FN4S6/c1-7-11-15-19-23-27-29-30-31-32-33-34-35-36-37-39-43-47-51-55-68(54-50-45-41-26-22-18-14-10-4)59-70-61-78(93-84(70)79-64-75(86)85(94-79)76-57-56-65(5)91-76)74-63-72-71(81-83(74)90-96-88-81)62-73(82-80(72)87-95-89-82)77-60-69(66(6)92-77)58-67(52-48-44-40-25-21-17-13-9-3)53-49-46-42-38-28-24-20-16-12-8-2/h56-57,60-64,67-68H,8-10,12-14,16-18,20-22,24-26,28,38,40-42,44-46,48-50,52-54,58-59H2,1-6H3. The Hall–Kier alpha value is -7.33. The van der Waals surface area contributed by atoms with E-state index in [2.05, 4.69) is 183 Å². The molecule has 0 aliphatic rings. The molecule has 11 heteroatoms. The zero-order valence-corrected chi connectivity index (χ0v) is 62.1. The van der Waals surface area contributed by atoms with Crippen LogP contribution in [0, 0.1) is 150 Å². The number of thiophene rings is 4. The van der Waals surface area contributed by atoms with Gasteiger partial charge in [-0.1, -0.05) is 212 Å². The summed E-state index contributed by atoms with van der Waals surface area (Å²) in [5.74, 6) is 55.3. The lowest BCUT2D eigenvalue weighted by atomic mass is 9.88. The van der Waals surface area contributed by atoms with E-state index in [4.69, 9.17) is 17.5 Å². The first-order valence-electron chi connectivity index (χ1n) is 35.2. The monoisotopic (exact) mass is 1380 g/mol. The molecule has 96 heavy (non-hydrogen) atoms. The Morgan fingerprint density at radius 2 is 0.781 bits per heavy atom. The van der Waals surface area contributed by atoms with Crippen LogP contribution in [0.1, 0.15) is 235 Å². The second kappa shape index (κ2) is 43.1. The van der Waals surface area contributed by atoms with Gasteiger partial charge in [-0.05, 0) is 194 Å². The average Bonchev–Trinajstić information content (AvgIpc) is 1.53. The van der Waals surface area contributed by atoms with E-state index in [1.165, 1.54) is 217 Å². The Labute approximate surface area is 599 Å². The highest BCUT2D eigenvalue weighted by Crippen LogP contribution is 2.49. The zero-order valence-electron chi connectivity index (χ0n) is 57.2. The molecule has 0 bridgehead atoms. The molecule has 0 saturated heterocycles. The second-order valence-electron chi connectivity index (χ2n) is 24.8. The van der Waals surface area contributed by atoms with Gasteiger partial charge in [-0.2, -0.15) is 17.5 Å². The highest BCUT2D eigenvalue weighted by atomic mass is 32.1. The summed E-state index contributed by atoms with van der Waals surface area (Å²) < 4.78 is 36.6. The van der Waals surface area contributed by atoms with Gasteiger partial charge in [-0.25, -0.2) is 4.39 Å². The fraction of sp³-hybridized carbons (Fsp3) is 0.459. The smallest absolute Gasteiger partial charge is 0.143 e. The molecule has 492 valence electrons.